The Bertz CT molecular complexity index is 854. The summed E-state index contributed by atoms with van der Waals surface area (Å²) in [5.74, 6) is 0.640. The van der Waals surface area contributed by atoms with Gasteiger partial charge in [-0.1, -0.05) is 22.8 Å². The molecule has 0 amide bonds. The molecule has 3 aromatic carbocycles. The van der Waals surface area contributed by atoms with Gasteiger partial charge in [0.25, 0.3) is 0 Å². The summed E-state index contributed by atoms with van der Waals surface area (Å²) in [7, 11) is -0.0544. The molecule has 0 spiro atoms. The van der Waals surface area contributed by atoms with E-state index in [-0.39, 0.29) is 5.78 Å². The molecule has 3 rings (SSSR count). The van der Waals surface area contributed by atoms with Gasteiger partial charge in [-0.05, 0) is 60.7 Å². The fourth-order valence-corrected chi connectivity index (χ4v) is 3.53. The molecule has 3 aromatic rings. The van der Waals surface area contributed by atoms with Gasteiger partial charge in [-0.25, -0.2) is 0 Å². The third-order valence-electron chi connectivity index (χ3n) is 3.71. The molecule has 3 nitrogen and oxygen atoms in total. The fourth-order valence-electron chi connectivity index (χ4n) is 2.37. The van der Waals surface area contributed by atoms with Gasteiger partial charge in [0.15, 0.2) is 16.4 Å². The van der Waals surface area contributed by atoms with E-state index in [9.17, 15) is 9.36 Å². The van der Waals surface area contributed by atoms with Crippen molar-refractivity contribution in [1.29, 1.82) is 0 Å². The number of methoxy groups -OCH3 is 1. The lowest BCUT2D eigenvalue weighted by Gasteiger charge is -2.03. The number of carbonyl (C=O) groups is 1. The summed E-state index contributed by atoms with van der Waals surface area (Å²) in [5, 5.41) is 1.49. The van der Waals surface area contributed by atoms with E-state index >= 15 is 0 Å². The molecule has 0 bridgehead atoms. The third kappa shape index (κ3) is 3.42. The van der Waals surface area contributed by atoms with Crippen LogP contribution in [-0.4, -0.2) is 12.9 Å². The van der Waals surface area contributed by atoms with Crippen molar-refractivity contribution in [1.82, 2.24) is 0 Å². The van der Waals surface area contributed by atoms with Crippen LogP contribution in [0.3, 0.4) is 0 Å². The van der Waals surface area contributed by atoms with E-state index in [1.165, 1.54) is 0 Å². The quantitative estimate of drug-likeness (QED) is 0.527. The lowest BCUT2D eigenvalue weighted by Crippen LogP contribution is -2.08. The Hall–Kier alpha value is -2.77. The predicted molar refractivity (Wildman–Crippen MR) is 96.2 cm³/mol. The van der Waals surface area contributed by atoms with Crippen LogP contribution < -0.4 is 15.3 Å². The number of ketones is 1. The first-order valence-corrected chi connectivity index (χ1v) is 8.76. The van der Waals surface area contributed by atoms with Crippen LogP contribution in [0.4, 0.5) is 0 Å². The van der Waals surface area contributed by atoms with Crippen molar-refractivity contribution in [2.24, 2.45) is 0 Å². The number of hydrogen-bond acceptors (Lipinski definition) is 3. The third-order valence-corrected chi connectivity index (χ3v) is 5.24. The monoisotopic (exact) mass is 335 g/mol. The standard InChI is InChI=1S/C20H16O3P/c1-23-17-11-7-15(8-12-17)20(21)16-9-13-19(14-10-16)24(22)18-5-3-2-4-6-18/h2-14H,1H3/q+1. The summed E-state index contributed by atoms with van der Waals surface area (Å²) < 4.78 is 17.6. The summed E-state index contributed by atoms with van der Waals surface area (Å²) in [4.78, 5) is 12.5. The smallest absolute Gasteiger partial charge is 0.415 e. The molecule has 0 heterocycles. The van der Waals surface area contributed by atoms with Crippen molar-refractivity contribution in [2.45, 2.75) is 0 Å². The molecule has 0 aromatic heterocycles. The van der Waals surface area contributed by atoms with Crippen LogP contribution >= 0.6 is 7.80 Å². The van der Waals surface area contributed by atoms with E-state index in [0.717, 1.165) is 5.30 Å². The molecule has 0 aliphatic carbocycles. The van der Waals surface area contributed by atoms with E-state index in [4.69, 9.17) is 4.74 Å². The van der Waals surface area contributed by atoms with E-state index < -0.39 is 7.80 Å². The molecular weight excluding hydrogens is 319 g/mol. The highest BCUT2D eigenvalue weighted by Gasteiger charge is 2.23. The molecule has 1 atom stereocenters. The van der Waals surface area contributed by atoms with Crippen LogP contribution in [0.5, 0.6) is 5.75 Å². The van der Waals surface area contributed by atoms with Gasteiger partial charge in [0.1, 0.15) is 5.75 Å². The molecule has 0 N–H and O–H groups in total. The molecule has 118 valence electrons. The number of rotatable bonds is 5. The summed E-state index contributed by atoms with van der Waals surface area (Å²) in [5.41, 5.74) is 1.16. The number of hydrogen-bond donors (Lipinski definition) is 0. The maximum atomic E-state index is 12.5. The Morgan fingerprint density at radius 2 is 1.25 bits per heavy atom. The molecule has 0 radical (unpaired) electrons. The second-order valence-corrected chi connectivity index (χ2v) is 6.86. The molecule has 0 saturated carbocycles. The first-order chi connectivity index (χ1) is 11.7. The number of carbonyl (C=O) groups excluding carboxylic acids is 1. The first kappa shape index (κ1) is 16.1. The van der Waals surface area contributed by atoms with Crippen LogP contribution in [0.15, 0.2) is 78.9 Å². The molecule has 0 saturated heterocycles. The van der Waals surface area contributed by atoms with Crippen molar-refractivity contribution in [3.63, 3.8) is 0 Å². The Morgan fingerprint density at radius 1 is 0.750 bits per heavy atom. The number of benzene rings is 3. The summed E-state index contributed by atoms with van der Waals surface area (Å²) in [6.07, 6.45) is 0. The van der Waals surface area contributed by atoms with E-state index in [1.807, 2.05) is 30.3 Å². The average molecular weight is 335 g/mol. The van der Waals surface area contributed by atoms with Gasteiger partial charge >= 0.3 is 7.80 Å². The highest BCUT2D eigenvalue weighted by atomic mass is 31.1. The summed E-state index contributed by atoms with van der Waals surface area (Å²) in [6, 6.07) is 23.2. The molecule has 0 aliphatic heterocycles. The van der Waals surface area contributed by atoms with E-state index in [0.29, 0.717) is 22.2 Å². The zero-order valence-corrected chi connectivity index (χ0v) is 14.1. The molecule has 4 heteroatoms. The van der Waals surface area contributed by atoms with Gasteiger partial charge in [0, 0.05) is 11.1 Å². The zero-order chi connectivity index (χ0) is 16.9. The van der Waals surface area contributed by atoms with Gasteiger partial charge < -0.3 is 4.74 Å². The van der Waals surface area contributed by atoms with Crippen LogP contribution in [0, 0.1) is 0 Å². The second kappa shape index (κ2) is 7.20. The van der Waals surface area contributed by atoms with Crippen molar-refractivity contribution in [3.05, 3.63) is 90.0 Å². The Kier molecular flexibility index (Phi) is 4.83. The fraction of sp³-hybridized carbons (Fsp3) is 0.0500. The van der Waals surface area contributed by atoms with Crippen LogP contribution in [0.25, 0.3) is 0 Å². The maximum absolute atomic E-state index is 12.5. The molecule has 1 unspecified atom stereocenters. The van der Waals surface area contributed by atoms with Gasteiger partial charge in [-0.2, -0.15) is 0 Å². The number of ether oxygens (including phenoxy) is 1. The molecule has 24 heavy (non-hydrogen) atoms. The molecular formula is C20H16O3P+. The van der Waals surface area contributed by atoms with Gasteiger partial charge in [-0.15, -0.1) is 0 Å². The first-order valence-electron chi connectivity index (χ1n) is 7.50. The Labute approximate surface area is 141 Å². The predicted octanol–water partition coefficient (Wildman–Crippen LogP) is 3.70. The van der Waals surface area contributed by atoms with Gasteiger partial charge in [-0.3, -0.25) is 4.79 Å². The van der Waals surface area contributed by atoms with Crippen LogP contribution in [-0.2, 0) is 4.57 Å². The van der Waals surface area contributed by atoms with Gasteiger partial charge in [0.05, 0.1) is 7.11 Å². The summed E-state index contributed by atoms with van der Waals surface area (Å²) in [6.45, 7) is 0. The van der Waals surface area contributed by atoms with Crippen molar-refractivity contribution in [2.75, 3.05) is 7.11 Å². The largest absolute Gasteiger partial charge is 0.497 e. The lowest BCUT2D eigenvalue weighted by atomic mass is 10.0. The van der Waals surface area contributed by atoms with Crippen molar-refractivity contribution in [3.8, 4) is 5.75 Å². The summed E-state index contributed by atoms with van der Waals surface area (Å²) >= 11 is 0. The minimum atomic E-state index is -1.64. The van der Waals surface area contributed by atoms with Crippen molar-refractivity contribution < 1.29 is 14.1 Å². The Balaban J connectivity index is 1.81. The van der Waals surface area contributed by atoms with Crippen LogP contribution in [0.1, 0.15) is 15.9 Å². The van der Waals surface area contributed by atoms with Crippen LogP contribution in [0.2, 0.25) is 0 Å². The molecule has 0 aliphatic rings. The minimum absolute atomic E-state index is 0.0702. The van der Waals surface area contributed by atoms with E-state index in [2.05, 4.69) is 0 Å². The van der Waals surface area contributed by atoms with Crippen molar-refractivity contribution >= 4 is 24.2 Å². The minimum Gasteiger partial charge on any atom is -0.497 e. The normalized spacial score (nSPS) is 11.0. The van der Waals surface area contributed by atoms with Gasteiger partial charge in [0.2, 0.25) is 0 Å². The highest BCUT2D eigenvalue weighted by Crippen LogP contribution is 2.20. The zero-order valence-electron chi connectivity index (χ0n) is 13.2. The SMILES string of the molecule is COc1ccc(C(=O)c2ccc([P+](=O)c3ccccc3)cc2)cc1. The molecule has 0 fully saturated rings. The van der Waals surface area contributed by atoms with E-state index in [1.54, 1.807) is 55.6 Å². The lowest BCUT2D eigenvalue weighted by molar-refractivity contribution is 0.103. The Morgan fingerprint density at radius 3 is 1.79 bits per heavy atom. The second-order valence-electron chi connectivity index (χ2n) is 5.23. The highest BCUT2D eigenvalue weighted by molar-refractivity contribution is 7.61. The topological polar surface area (TPSA) is 43.4 Å². The average Bonchev–Trinajstić information content (AvgIpc) is 2.68. The maximum Gasteiger partial charge on any atom is 0.415 e.